The highest BCUT2D eigenvalue weighted by atomic mass is 32.2. The molecule has 0 heterocycles. The smallest absolute Gasteiger partial charge is 0.261 e. The van der Waals surface area contributed by atoms with Gasteiger partial charge in [0.1, 0.15) is 0 Å². The molecule has 30 heavy (non-hydrogen) atoms. The molecule has 3 aromatic rings. The highest BCUT2D eigenvalue weighted by Crippen LogP contribution is 2.21. The molecule has 0 aliphatic rings. The van der Waals surface area contributed by atoms with Crippen LogP contribution in [0.2, 0.25) is 0 Å². The Morgan fingerprint density at radius 1 is 0.867 bits per heavy atom. The average molecular weight is 423 g/mol. The predicted molar refractivity (Wildman–Crippen MR) is 120 cm³/mol. The second-order valence-corrected chi connectivity index (χ2v) is 9.24. The molecule has 0 saturated carbocycles. The second kappa shape index (κ2) is 8.71. The van der Waals surface area contributed by atoms with E-state index in [-0.39, 0.29) is 16.8 Å². The van der Waals surface area contributed by atoms with Crippen LogP contribution in [0.5, 0.6) is 0 Å². The summed E-state index contributed by atoms with van der Waals surface area (Å²) in [5.74, 6) is -0.264. The fraction of sp³-hybridized carbons (Fsp3) is 0.208. The van der Waals surface area contributed by atoms with Gasteiger partial charge in [-0.15, -0.1) is 0 Å². The van der Waals surface area contributed by atoms with Gasteiger partial charge in [0.05, 0.1) is 10.9 Å². The first-order chi connectivity index (χ1) is 14.2. The van der Waals surface area contributed by atoms with Crippen molar-refractivity contribution in [2.24, 2.45) is 0 Å². The maximum Gasteiger partial charge on any atom is 0.261 e. The largest absolute Gasteiger partial charge is 0.346 e. The van der Waals surface area contributed by atoms with Crippen molar-refractivity contribution in [3.63, 3.8) is 0 Å². The van der Waals surface area contributed by atoms with Gasteiger partial charge in [0.25, 0.3) is 15.9 Å². The van der Waals surface area contributed by atoms with Crippen LogP contribution in [-0.4, -0.2) is 14.3 Å². The van der Waals surface area contributed by atoms with Crippen molar-refractivity contribution in [3.05, 3.63) is 94.5 Å². The SMILES string of the molecule is Cc1ccc(S(=O)(=O)Nc2cccc(C(=O)N[C@@H](C)c3cc(C)ccc3C)c2)cc1. The average Bonchev–Trinajstić information content (AvgIpc) is 2.70. The van der Waals surface area contributed by atoms with Crippen LogP contribution in [0.3, 0.4) is 0 Å². The van der Waals surface area contributed by atoms with E-state index in [1.165, 1.54) is 6.07 Å². The molecule has 0 aliphatic carbocycles. The Kier molecular flexibility index (Phi) is 6.27. The Hall–Kier alpha value is -3.12. The molecule has 1 amide bonds. The molecule has 2 N–H and O–H groups in total. The normalized spacial score (nSPS) is 12.3. The van der Waals surface area contributed by atoms with E-state index < -0.39 is 10.0 Å². The summed E-state index contributed by atoms with van der Waals surface area (Å²) in [6.07, 6.45) is 0. The van der Waals surface area contributed by atoms with Crippen LogP contribution < -0.4 is 10.0 Å². The predicted octanol–water partition coefficient (Wildman–Crippen LogP) is 4.90. The molecular formula is C24H26N2O3S. The van der Waals surface area contributed by atoms with Gasteiger partial charge in [-0.25, -0.2) is 8.42 Å². The molecule has 3 rings (SSSR count). The summed E-state index contributed by atoms with van der Waals surface area (Å²) in [4.78, 5) is 12.9. The van der Waals surface area contributed by atoms with Gasteiger partial charge in [0, 0.05) is 11.3 Å². The molecule has 0 saturated heterocycles. The van der Waals surface area contributed by atoms with Crippen molar-refractivity contribution in [1.82, 2.24) is 5.32 Å². The van der Waals surface area contributed by atoms with Crippen molar-refractivity contribution in [1.29, 1.82) is 0 Å². The molecule has 0 spiro atoms. The summed E-state index contributed by atoms with van der Waals surface area (Å²) < 4.78 is 27.8. The fourth-order valence-corrected chi connectivity index (χ4v) is 4.29. The molecular weight excluding hydrogens is 396 g/mol. The van der Waals surface area contributed by atoms with Gasteiger partial charge in [-0.1, -0.05) is 47.5 Å². The van der Waals surface area contributed by atoms with Crippen LogP contribution in [0.25, 0.3) is 0 Å². The summed E-state index contributed by atoms with van der Waals surface area (Å²) in [5, 5.41) is 2.99. The maximum absolute atomic E-state index is 12.8. The van der Waals surface area contributed by atoms with E-state index in [9.17, 15) is 13.2 Å². The van der Waals surface area contributed by atoms with Gasteiger partial charge in [-0.3, -0.25) is 9.52 Å². The number of nitrogens with one attached hydrogen (secondary N) is 2. The Morgan fingerprint density at radius 3 is 2.23 bits per heavy atom. The Balaban J connectivity index is 1.77. The number of benzene rings is 3. The van der Waals surface area contributed by atoms with E-state index in [0.29, 0.717) is 11.3 Å². The van der Waals surface area contributed by atoms with Crippen LogP contribution in [0.15, 0.2) is 71.6 Å². The summed E-state index contributed by atoms with van der Waals surface area (Å²) in [5.41, 5.74) is 4.99. The van der Waals surface area contributed by atoms with Gasteiger partial charge < -0.3 is 5.32 Å². The first-order valence-electron chi connectivity index (χ1n) is 9.73. The minimum absolute atomic E-state index is 0.173. The van der Waals surface area contributed by atoms with Crippen molar-refractivity contribution in [3.8, 4) is 0 Å². The molecule has 156 valence electrons. The van der Waals surface area contributed by atoms with E-state index in [2.05, 4.69) is 16.1 Å². The van der Waals surface area contributed by atoms with Gasteiger partial charge in [0.2, 0.25) is 0 Å². The number of carbonyl (C=O) groups is 1. The summed E-state index contributed by atoms with van der Waals surface area (Å²) in [7, 11) is -3.73. The number of hydrogen-bond donors (Lipinski definition) is 2. The zero-order chi connectivity index (χ0) is 21.9. The van der Waals surface area contributed by atoms with Gasteiger partial charge in [-0.05, 0) is 69.2 Å². The van der Waals surface area contributed by atoms with Gasteiger partial charge >= 0.3 is 0 Å². The third kappa shape index (κ3) is 5.07. The van der Waals surface area contributed by atoms with E-state index in [1.807, 2.05) is 39.8 Å². The summed E-state index contributed by atoms with van der Waals surface area (Å²) in [6, 6.07) is 19.0. The van der Waals surface area contributed by atoms with Crippen LogP contribution in [0, 0.1) is 20.8 Å². The first kappa shape index (κ1) is 21.6. The molecule has 0 unspecified atom stereocenters. The lowest BCUT2D eigenvalue weighted by atomic mass is 9.99. The molecule has 0 fully saturated rings. The topological polar surface area (TPSA) is 75.3 Å². The minimum Gasteiger partial charge on any atom is -0.346 e. The second-order valence-electron chi connectivity index (χ2n) is 7.55. The number of carbonyl (C=O) groups excluding carboxylic acids is 1. The highest BCUT2D eigenvalue weighted by molar-refractivity contribution is 7.92. The summed E-state index contributed by atoms with van der Waals surface area (Å²) in [6.45, 7) is 7.85. The Morgan fingerprint density at radius 2 is 1.53 bits per heavy atom. The Labute approximate surface area is 178 Å². The van der Waals surface area contributed by atoms with E-state index >= 15 is 0 Å². The Bertz CT molecular complexity index is 1170. The molecule has 1 atom stereocenters. The number of sulfonamides is 1. The van der Waals surface area contributed by atoms with Crippen LogP contribution >= 0.6 is 0 Å². The molecule has 5 nitrogen and oxygen atoms in total. The lowest BCUT2D eigenvalue weighted by Gasteiger charge is -2.18. The molecule has 0 aliphatic heterocycles. The zero-order valence-electron chi connectivity index (χ0n) is 17.6. The lowest BCUT2D eigenvalue weighted by Crippen LogP contribution is -2.27. The monoisotopic (exact) mass is 422 g/mol. The van der Waals surface area contributed by atoms with Crippen molar-refractivity contribution >= 4 is 21.6 Å². The molecule has 0 aromatic heterocycles. The minimum atomic E-state index is -3.73. The van der Waals surface area contributed by atoms with E-state index in [0.717, 1.165) is 22.3 Å². The first-order valence-corrected chi connectivity index (χ1v) is 11.2. The number of anilines is 1. The van der Waals surface area contributed by atoms with Gasteiger partial charge in [-0.2, -0.15) is 0 Å². The van der Waals surface area contributed by atoms with E-state index in [4.69, 9.17) is 0 Å². The standard InChI is InChI=1S/C24H26N2O3S/c1-16-9-12-22(13-10-16)30(28,29)26-21-7-5-6-20(15-21)24(27)25-19(4)23-14-17(2)8-11-18(23)3/h5-15,19,26H,1-4H3,(H,25,27)/t19-/m0/s1. The van der Waals surface area contributed by atoms with Gasteiger partial charge in [0.15, 0.2) is 0 Å². The molecule has 0 bridgehead atoms. The molecule has 0 radical (unpaired) electrons. The number of aryl methyl sites for hydroxylation is 3. The number of hydrogen-bond acceptors (Lipinski definition) is 3. The van der Waals surface area contributed by atoms with Crippen LogP contribution in [0.4, 0.5) is 5.69 Å². The number of rotatable bonds is 6. The van der Waals surface area contributed by atoms with E-state index in [1.54, 1.807) is 42.5 Å². The fourth-order valence-electron chi connectivity index (χ4n) is 3.24. The van der Waals surface area contributed by atoms with Crippen molar-refractivity contribution < 1.29 is 13.2 Å². The van der Waals surface area contributed by atoms with Crippen LogP contribution in [-0.2, 0) is 10.0 Å². The third-order valence-corrected chi connectivity index (χ3v) is 6.35. The molecule has 6 heteroatoms. The number of amides is 1. The summed E-state index contributed by atoms with van der Waals surface area (Å²) >= 11 is 0. The van der Waals surface area contributed by atoms with Crippen molar-refractivity contribution in [2.45, 2.75) is 38.6 Å². The lowest BCUT2D eigenvalue weighted by molar-refractivity contribution is 0.0940. The van der Waals surface area contributed by atoms with Crippen molar-refractivity contribution in [2.75, 3.05) is 4.72 Å². The zero-order valence-corrected chi connectivity index (χ0v) is 18.4. The highest BCUT2D eigenvalue weighted by Gasteiger charge is 2.17. The molecule has 3 aromatic carbocycles. The third-order valence-electron chi connectivity index (χ3n) is 4.96. The quantitative estimate of drug-likeness (QED) is 0.593. The van der Waals surface area contributed by atoms with Crippen LogP contribution in [0.1, 0.15) is 45.6 Å². The maximum atomic E-state index is 12.8.